The highest BCUT2D eigenvalue weighted by molar-refractivity contribution is 5.76. The minimum absolute atomic E-state index is 0.0902. The van der Waals surface area contributed by atoms with Gasteiger partial charge >= 0.3 is 0 Å². The summed E-state index contributed by atoms with van der Waals surface area (Å²) >= 11 is 0. The van der Waals surface area contributed by atoms with Crippen molar-refractivity contribution in [2.75, 3.05) is 13.1 Å². The Hall–Kier alpha value is -2.41. The minimum Gasteiger partial charge on any atom is -0.485 e. The predicted octanol–water partition coefficient (Wildman–Crippen LogP) is 1.35. The lowest BCUT2D eigenvalue weighted by Gasteiger charge is -2.29. The number of hydrogen-bond donors (Lipinski definition) is 1. The second kappa shape index (κ2) is 7.23. The molecular formula is C16H20N4O3. The third-order valence-electron chi connectivity index (χ3n) is 3.89. The molecule has 2 N–H and O–H groups in total. The van der Waals surface area contributed by atoms with Gasteiger partial charge in [0.2, 0.25) is 17.6 Å². The first-order chi connectivity index (χ1) is 11.2. The van der Waals surface area contributed by atoms with Crippen LogP contribution in [0.3, 0.4) is 0 Å². The van der Waals surface area contributed by atoms with E-state index < -0.39 is 0 Å². The molecule has 1 saturated heterocycles. The van der Waals surface area contributed by atoms with Crippen molar-refractivity contribution in [3.63, 3.8) is 0 Å². The number of benzene rings is 1. The van der Waals surface area contributed by atoms with Gasteiger partial charge in [0, 0.05) is 6.54 Å². The zero-order valence-electron chi connectivity index (χ0n) is 12.9. The van der Waals surface area contributed by atoms with Gasteiger partial charge in [-0.3, -0.25) is 9.69 Å². The van der Waals surface area contributed by atoms with E-state index in [0.29, 0.717) is 24.8 Å². The normalized spacial score (nSPS) is 18.7. The number of nitrogens with two attached hydrogens (primary N) is 1. The molecule has 122 valence electrons. The highest BCUT2D eigenvalue weighted by Gasteiger charge is 2.25. The van der Waals surface area contributed by atoms with E-state index >= 15 is 0 Å². The third-order valence-corrected chi connectivity index (χ3v) is 3.89. The molecule has 1 aromatic heterocycles. The van der Waals surface area contributed by atoms with Crippen LogP contribution in [0.1, 0.15) is 24.6 Å². The van der Waals surface area contributed by atoms with Gasteiger partial charge in [-0.1, -0.05) is 23.4 Å². The van der Waals surface area contributed by atoms with E-state index in [9.17, 15) is 4.79 Å². The van der Waals surface area contributed by atoms with E-state index in [2.05, 4.69) is 15.0 Å². The summed E-state index contributed by atoms with van der Waals surface area (Å²) < 4.78 is 10.8. The minimum atomic E-state index is -0.239. The molecule has 2 aromatic rings. The number of carbonyl (C=O) groups is 1. The van der Waals surface area contributed by atoms with Gasteiger partial charge in [0.15, 0.2) is 6.61 Å². The number of ether oxygens (including phenoxy) is 1. The molecule has 1 amide bonds. The van der Waals surface area contributed by atoms with Crippen molar-refractivity contribution < 1.29 is 14.1 Å². The Morgan fingerprint density at radius 1 is 1.39 bits per heavy atom. The largest absolute Gasteiger partial charge is 0.485 e. The van der Waals surface area contributed by atoms with Gasteiger partial charge in [-0.25, -0.2) is 0 Å². The molecule has 0 spiro atoms. The molecule has 0 radical (unpaired) electrons. The fourth-order valence-electron chi connectivity index (χ4n) is 2.70. The molecule has 1 atom stereocenters. The number of aromatic nitrogens is 2. The molecule has 0 unspecified atom stereocenters. The fraction of sp³-hybridized carbons (Fsp3) is 0.438. The van der Waals surface area contributed by atoms with E-state index in [4.69, 9.17) is 15.0 Å². The molecule has 1 aliphatic heterocycles. The van der Waals surface area contributed by atoms with Crippen molar-refractivity contribution in [3.05, 3.63) is 42.0 Å². The first-order valence-corrected chi connectivity index (χ1v) is 7.71. The standard InChI is InChI=1S/C16H20N4O3/c17-16(21)12-5-4-8-20(9-12)10-15-18-14(19-23-15)11-22-13-6-2-1-3-7-13/h1-3,6-7,12H,4-5,8-11H2,(H2,17,21)/t12-/m0/s1. The molecule has 23 heavy (non-hydrogen) atoms. The van der Waals surface area contributed by atoms with Crippen molar-refractivity contribution in [2.45, 2.75) is 26.0 Å². The van der Waals surface area contributed by atoms with Gasteiger partial charge in [0.05, 0.1) is 12.5 Å². The number of amides is 1. The quantitative estimate of drug-likeness (QED) is 0.864. The number of likely N-dealkylation sites (tertiary alicyclic amines) is 1. The van der Waals surface area contributed by atoms with Gasteiger partial charge in [0.25, 0.3) is 0 Å². The summed E-state index contributed by atoms with van der Waals surface area (Å²) in [5.41, 5.74) is 5.39. The van der Waals surface area contributed by atoms with Crippen LogP contribution >= 0.6 is 0 Å². The van der Waals surface area contributed by atoms with Crippen LogP contribution in [0.15, 0.2) is 34.9 Å². The Bertz CT molecular complexity index is 644. The molecule has 1 fully saturated rings. The highest BCUT2D eigenvalue weighted by atomic mass is 16.5. The number of primary amides is 1. The summed E-state index contributed by atoms with van der Waals surface area (Å²) in [5.74, 6) is 1.47. The van der Waals surface area contributed by atoms with Crippen molar-refractivity contribution in [2.24, 2.45) is 11.7 Å². The zero-order chi connectivity index (χ0) is 16.1. The zero-order valence-corrected chi connectivity index (χ0v) is 12.9. The Morgan fingerprint density at radius 3 is 3.00 bits per heavy atom. The summed E-state index contributed by atoms with van der Waals surface area (Å²) in [6, 6.07) is 9.49. The van der Waals surface area contributed by atoms with Gasteiger partial charge < -0.3 is 15.0 Å². The van der Waals surface area contributed by atoms with Gasteiger partial charge in [-0.15, -0.1) is 0 Å². The molecule has 2 heterocycles. The van der Waals surface area contributed by atoms with E-state index in [1.54, 1.807) is 0 Å². The molecule has 7 nitrogen and oxygen atoms in total. The first-order valence-electron chi connectivity index (χ1n) is 7.71. The lowest BCUT2D eigenvalue weighted by Crippen LogP contribution is -2.40. The summed E-state index contributed by atoms with van der Waals surface area (Å²) in [6.45, 7) is 2.34. The van der Waals surface area contributed by atoms with Crippen molar-refractivity contribution >= 4 is 5.91 Å². The second-order valence-electron chi connectivity index (χ2n) is 5.68. The van der Waals surface area contributed by atoms with Crippen LogP contribution in [0.2, 0.25) is 0 Å². The molecule has 3 rings (SSSR count). The SMILES string of the molecule is NC(=O)[C@H]1CCCN(Cc2nc(COc3ccccc3)no2)C1. The molecular weight excluding hydrogens is 296 g/mol. The monoisotopic (exact) mass is 316 g/mol. The number of carbonyl (C=O) groups excluding carboxylic acids is 1. The predicted molar refractivity (Wildman–Crippen MR) is 82.3 cm³/mol. The first kappa shape index (κ1) is 15.5. The molecule has 0 saturated carbocycles. The fourth-order valence-corrected chi connectivity index (χ4v) is 2.70. The van der Waals surface area contributed by atoms with Crippen molar-refractivity contribution in [1.82, 2.24) is 15.0 Å². The van der Waals surface area contributed by atoms with Crippen LogP contribution in [0.4, 0.5) is 0 Å². The van der Waals surface area contributed by atoms with Crippen LogP contribution in [-0.4, -0.2) is 34.0 Å². The van der Waals surface area contributed by atoms with Gasteiger partial charge in [0.1, 0.15) is 5.75 Å². The number of nitrogens with zero attached hydrogens (tertiary/aromatic N) is 3. The molecule has 0 aliphatic carbocycles. The second-order valence-corrected chi connectivity index (χ2v) is 5.68. The van der Waals surface area contributed by atoms with Crippen molar-refractivity contribution in [3.8, 4) is 5.75 Å². The number of rotatable bonds is 6. The van der Waals surface area contributed by atoms with Crippen LogP contribution < -0.4 is 10.5 Å². The topological polar surface area (TPSA) is 94.5 Å². The summed E-state index contributed by atoms with van der Waals surface area (Å²) in [7, 11) is 0. The van der Waals surface area contributed by atoms with E-state index in [1.165, 1.54) is 0 Å². The van der Waals surface area contributed by atoms with Crippen LogP contribution in [0.5, 0.6) is 5.75 Å². The van der Waals surface area contributed by atoms with E-state index in [-0.39, 0.29) is 18.4 Å². The molecule has 0 bridgehead atoms. The maximum atomic E-state index is 11.3. The number of piperidine rings is 1. The molecule has 1 aromatic carbocycles. The lowest BCUT2D eigenvalue weighted by molar-refractivity contribution is -0.123. The maximum Gasteiger partial charge on any atom is 0.240 e. The molecule has 7 heteroatoms. The van der Waals surface area contributed by atoms with Crippen molar-refractivity contribution in [1.29, 1.82) is 0 Å². The van der Waals surface area contributed by atoms with Crippen LogP contribution in [-0.2, 0) is 17.9 Å². The smallest absolute Gasteiger partial charge is 0.240 e. The Balaban J connectivity index is 1.52. The average molecular weight is 316 g/mol. The summed E-state index contributed by atoms with van der Waals surface area (Å²) in [5, 5.41) is 3.92. The van der Waals surface area contributed by atoms with Gasteiger partial charge in [-0.2, -0.15) is 4.98 Å². The Morgan fingerprint density at radius 2 is 2.22 bits per heavy atom. The summed E-state index contributed by atoms with van der Waals surface area (Å²) in [6.07, 6.45) is 1.80. The Labute approximate surface area is 134 Å². The number of para-hydroxylation sites is 1. The maximum absolute atomic E-state index is 11.3. The average Bonchev–Trinajstić information content (AvgIpc) is 3.01. The Kier molecular flexibility index (Phi) is 4.87. The lowest BCUT2D eigenvalue weighted by atomic mass is 9.97. The third kappa shape index (κ3) is 4.29. The van der Waals surface area contributed by atoms with E-state index in [1.807, 2.05) is 30.3 Å². The summed E-state index contributed by atoms with van der Waals surface area (Å²) in [4.78, 5) is 17.8. The molecule has 1 aliphatic rings. The van der Waals surface area contributed by atoms with Crippen LogP contribution in [0, 0.1) is 5.92 Å². The van der Waals surface area contributed by atoms with Gasteiger partial charge in [-0.05, 0) is 31.5 Å². The highest BCUT2D eigenvalue weighted by Crippen LogP contribution is 2.18. The number of hydrogen-bond acceptors (Lipinski definition) is 6. The van der Waals surface area contributed by atoms with Crippen LogP contribution in [0.25, 0.3) is 0 Å². The van der Waals surface area contributed by atoms with E-state index in [0.717, 1.165) is 25.1 Å².